The Morgan fingerprint density at radius 2 is 1.90 bits per heavy atom. The Labute approximate surface area is 122 Å². The maximum Gasteiger partial charge on any atom is 0.196 e. The zero-order valence-electron chi connectivity index (χ0n) is 11.5. The van der Waals surface area contributed by atoms with E-state index < -0.39 is 0 Å². The Hall–Kier alpha value is -3.06. The number of phenolic OH excluding ortho intramolecular Hbond substituents is 1. The van der Waals surface area contributed by atoms with Crippen molar-refractivity contribution in [3.63, 3.8) is 0 Å². The molecule has 1 aromatic heterocycles. The molecule has 2 N–H and O–H groups in total. The largest absolute Gasteiger partial charge is 0.507 e. The first kappa shape index (κ1) is 12.9. The lowest BCUT2D eigenvalue weighted by Crippen LogP contribution is -1.81. The summed E-state index contributed by atoms with van der Waals surface area (Å²) >= 11 is 0. The quantitative estimate of drug-likeness (QED) is 0.685. The number of nitrogens with one attached hydrogen (secondary N) is 1. The fourth-order valence-electron chi connectivity index (χ4n) is 2.25. The van der Waals surface area contributed by atoms with E-state index in [9.17, 15) is 5.11 Å². The molecule has 0 aliphatic carbocycles. The van der Waals surface area contributed by atoms with E-state index in [1.54, 1.807) is 12.1 Å². The summed E-state index contributed by atoms with van der Waals surface area (Å²) in [5.74, 6) is 0.203. The second kappa shape index (κ2) is 5.14. The third-order valence-electron chi connectivity index (χ3n) is 3.32. The second-order valence-corrected chi connectivity index (χ2v) is 4.82. The molecule has 0 spiro atoms. The summed E-state index contributed by atoms with van der Waals surface area (Å²) in [6.07, 6.45) is 0. The van der Waals surface area contributed by atoms with Crippen molar-refractivity contribution in [3.05, 3.63) is 65.5 Å². The number of benzene rings is 2. The number of rotatable bonds is 2. The minimum atomic E-state index is 0.203. The van der Waals surface area contributed by atoms with Gasteiger partial charge in [0.05, 0.1) is 18.0 Å². The highest BCUT2D eigenvalue weighted by Gasteiger charge is 2.11. The molecular formula is C17H13N3O. The number of hydrogen-bond donors (Lipinski definition) is 2. The minimum Gasteiger partial charge on any atom is -0.507 e. The standard InChI is InChI=1S/C17H13N3O/c1-11-7-8-17(21)13(9-11)16-10-15(19-20-16)12-5-3-4-6-14(12)18-2/h3-10,21H,1H3,(H,19,20). The SMILES string of the molecule is [C-]#[N+]c1ccccc1-c1cc(-c2cc(C)ccc2O)[nH]n1. The molecule has 4 nitrogen and oxygen atoms in total. The zero-order chi connectivity index (χ0) is 14.8. The van der Waals surface area contributed by atoms with E-state index in [1.165, 1.54) is 0 Å². The van der Waals surface area contributed by atoms with Crippen LogP contribution >= 0.6 is 0 Å². The summed E-state index contributed by atoms with van der Waals surface area (Å²) in [6, 6.07) is 14.6. The van der Waals surface area contributed by atoms with Crippen LogP contribution in [0.3, 0.4) is 0 Å². The minimum absolute atomic E-state index is 0.203. The number of aromatic nitrogens is 2. The smallest absolute Gasteiger partial charge is 0.196 e. The van der Waals surface area contributed by atoms with Crippen molar-refractivity contribution in [2.75, 3.05) is 0 Å². The fraction of sp³-hybridized carbons (Fsp3) is 0.0588. The van der Waals surface area contributed by atoms with Crippen molar-refractivity contribution in [1.29, 1.82) is 0 Å². The number of aromatic hydroxyl groups is 1. The van der Waals surface area contributed by atoms with Gasteiger partial charge in [0.25, 0.3) is 0 Å². The van der Waals surface area contributed by atoms with E-state index in [-0.39, 0.29) is 5.75 Å². The van der Waals surface area contributed by atoms with Gasteiger partial charge in [-0.3, -0.25) is 5.10 Å². The van der Waals surface area contributed by atoms with Crippen molar-refractivity contribution in [1.82, 2.24) is 10.2 Å². The van der Waals surface area contributed by atoms with Gasteiger partial charge < -0.3 is 5.11 Å². The first-order valence-corrected chi connectivity index (χ1v) is 6.51. The highest BCUT2D eigenvalue weighted by Crippen LogP contribution is 2.34. The first-order valence-electron chi connectivity index (χ1n) is 6.51. The Kier molecular flexibility index (Phi) is 3.17. The van der Waals surface area contributed by atoms with Crippen LogP contribution in [0.1, 0.15) is 5.56 Å². The predicted octanol–water partition coefficient (Wildman–Crippen LogP) is 4.31. The van der Waals surface area contributed by atoms with Gasteiger partial charge in [-0.1, -0.05) is 35.9 Å². The van der Waals surface area contributed by atoms with Crippen LogP contribution in [0.15, 0.2) is 48.5 Å². The van der Waals surface area contributed by atoms with Crippen LogP contribution in [0.4, 0.5) is 5.69 Å². The summed E-state index contributed by atoms with van der Waals surface area (Å²) < 4.78 is 0. The lowest BCUT2D eigenvalue weighted by Gasteiger charge is -2.02. The molecule has 4 heteroatoms. The third kappa shape index (κ3) is 2.37. The molecule has 0 aliphatic heterocycles. The lowest BCUT2D eigenvalue weighted by molar-refractivity contribution is 0.477. The number of nitrogens with zero attached hydrogens (tertiary/aromatic N) is 2. The molecule has 0 bridgehead atoms. The topological polar surface area (TPSA) is 53.3 Å². The molecule has 0 aliphatic rings. The van der Waals surface area contributed by atoms with Crippen LogP contribution in [-0.2, 0) is 0 Å². The van der Waals surface area contributed by atoms with E-state index in [1.807, 2.05) is 43.3 Å². The van der Waals surface area contributed by atoms with Crippen molar-refractivity contribution in [3.8, 4) is 28.3 Å². The molecule has 3 aromatic rings. The van der Waals surface area contributed by atoms with E-state index >= 15 is 0 Å². The van der Waals surface area contributed by atoms with Gasteiger partial charge in [-0.05, 0) is 25.1 Å². The van der Waals surface area contributed by atoms with Crippen LogP contribution in [0.25, 0.3) is 27.4 Å². The zero-order valence-corrected chi connectivity index (χ0v) is 11.5. The molecule has 2 aromatic carbocycles. The average Bonchev–Trinajstić information content (AvgIpc) is 2.99. The van der Waals surface area contributed by atoms with Crippen molar-refractivity contribution in [2.45, 2.75) is 6.92 Å². The number of aromatic amines is 1. The molecule has 1 heterocycles. The molecule has 21 heavy (non-hydrogen) atoms. The van der Waals surface area contributed by atoms with Crippen LogP contribution in [0.2, 0.25) is 0 Å². The molecule has 0 radical (unpaired) electrons. The molecule has 0 unspecified atom stereocenters. The first-order chi connectivity index (χ1) is 10.2. The van der Waals surface area contributed by atoms with Gasteiger partial charge in [0.1, 0.15) is 5.75 Å². The highest BCUT2D eigenvalue weighted by molar-refractivity contribution is 5.79. The fourth-order valence-corrected chi connectivity index (χ4v) is 2.25. The second-order valence-electron chi connectivity index (χ2n) is 4.82. The predicted molar refractivity (Wildman–Crippen MR) is 82.1 cm³/mol. The van der Waals surface area contributed by atoms with Gasteiger partial charge in [-0.25, -0.2) is 4.85 Å². The van der Waals surface area contributed by atoms with Crippen LogP contribution < -0.4 is 0 Å². The van der Waals surface area contributed by atoms with Crippen LogP contribution in [-0.4, -0.2) is 15.3 Å². The van der Waals surface area contributed by atoms with Gasteiger partial charge in [0, 0.05) is 11.1 Å². The molecule has 3 rings (SSSR count). The molecule has 0 fully saturated rings. The molecule has 0 amide bonds. The Balaban J connectivity index is 2.09. The normalized spacial score (nSPS) is 10.3. The Morgan fingerprint density at radius 3 is 2.71 bits per heavy atom. The maximum atomic E-state index is 9.97. The van der Waals surface area contributed by atoms with Gasteiger partial charge in [-0.15, -0.1) is 0 Å². The molecule has 0 saturated heterocycles. The van der Waals surface area contributed by atoms with Crippen LogP contribution in [0.5, 0.6) is 5.75 Å². The van der Waals surface area contributed by atoms with Gasteiger partial charge in [0.15, 0.2) is 5.69 Å². The van der Waals surface area contributed by atoms with Crippen LogP contribution in [0, 0.1) is 13.5 Å². The average molecular weight is 275 g/mol. The number of para-hydroxylation sites is 1. The number of aryl methyl sites for hydroxylation is 1. The van der Waals surface area contributed by atoms with Gasteiger partial charge in [0.2, 0.25) is 0 Å². The molecule has 0 atom stereocenters. The number of H-pyrrole nitrogens is 1. The Bertz CT molecular complexity index is 843. The van der Waals surface area contributed by atoms with E-state index in [0.717, 1.165) is 16.8 Å². The van der Waals surface area contributed by atoms with Crippen molar-refractivity contribution in [2.24, 2.45) is 0 Å². The summed E-state index contributed by atoms with van der Waals surface area (Å²) in [6.45, 7) is 9.18. The number of phenols is 1. The summed E-state index contributed by atoms with van der Waals surface area (Å²) in [4.78, 5) is 3.51. The summed E-state index contributed by atoms with van der Waals surface area (Å²) in [5, 5.41) is 17.2. The van der Waals surface area contributed by atoms with Crippen molar-refractivity contribution < 1.29 is 5.11 Å². The number of hydrogen-bond acceptors (Lipinski definition) is 2. The van der Waals surface area contributed by atoms with Crippen molar-refractivity contribution >= 4 is 5.69 Å². The summed E-state index contributed by atoms with van der Waals surface area (Å²) in [5.41, 5.74) is 4.52. The van der Waals surface area contributed by atoms with Gasteiger partial charge >= 0.3 is 0 Å². The van der Waals surface area contributed by atoms with E-state index in [0.29, 0.717) is 16.9 Å². The van der Waals surface area contributed by atoms with Gasteiger partial charge in [-0.2, -0.15) is 5.10 Å². The Morgan fingerprint density at radius 1 is 1.10 bits per heavy atom. The maximum absolute atomic E-state index is 9.97. The summed E-state index contributed by atoms with van der Waals surface area (Å²) in [7, 11) is 0. The molecule has 0 saturated carbocycles. The molecule has 102 valence electrons. The van der Waals surface area contributed by atoms with E-state index in [2.05, 4.69) is 15.0 Å². The highest BCUT2D eigenvalue weighted by atomic mass is 16.3. The third-order valence-corrected chi connectivity index (χ3v) is 3.32. The monoisotopic (exact) mass is 275 g/mol. The van der Waals surface area contributed by atoms with E-state index in [4.69, 9.17) is 6.57 Å². The molecular weight excluding hydrogens is 262 g/mol. The lowest BCUT2D eigenvalue weighted by atomic mass is 10.1.